The van der Waals surface area contributed by atoms with Gasteiger partial charge < -0.3 is 20.1 Å². The molecule has 0 saturated heterocycles. The highest BCUT2D eigenvalue weighted by molar-refractivity contribution is 7.89. The van der Waals surface area contributed by atoms with Crippen LogP contribution in [0, 0.1) is 11.7 Å². The van der Waals surface area contributed by atoms with Crippen LogP contribution in [0.4, 0.5) is 14.9 Å². The Bertz CT molecular complexity index is 1190. The van der Waals surface area contributed by atoms with Gasteiger partial charge in [0.15, 0.2) is 0 Å². The second-order valence-corrected chi connectivity index (χ2v) is 10.6. The average Bonchev–Trinajstić information content (AvgIpc) is 2.81. The number of carbonyl (C=O) groups is 1. The summed E-state index contributed by atoms with van der Waals surface area (Å²) in [6.07, 6.45) is 3.12. The molecule has 0 radical (unpaired) electrons. The van der Waals surface area contributed by atoms with E-state index in [-0.39, 0.29) is 36.3 Å². The number of aliphatic hydroxyl groups is 1. The van der Waals surface area contributed by atoms with Crippen molar-refractivity contribution in [3.05, 3.63) is 59.9 Å². The van der Waals surface area contributed by atoms with Crippen LogP contribution in [-0.2, 0) is 10.0 Å². The number of allylic oxidation sites excluding steroid dienone is 1. The second-order valence-electron chi connectivity index (χ2n) is 8.77. The molecule has 0 aliphatic carbocycles. The zero-order valence-electron chi connectivity index (χ0n) is 20.3. The van der Waals surface area contributed by atoms with Gasteiger partial charge in [0.05, 0.1) is 13.2 Å². The fourth-order valence-corrected chi connectivity index (χ4v) is 5.72. The first-order valence-electron chi connectivity index (χ1n) is 11.4. The quantitative estimate of drug-likeness (QED) is 0.622. The Morgan fingerprint density at radius 3 is 2.74 bits per heavy atom. The van der Waals surface area contributed by atoms with Gasteiger partial charge in [0, 0.05) is 31.2 Å². The minimum absolute atomic E-state index is 0.00909. The van der Waals surface area contributed by atoms with E-state index in [1.165, 1.54) is 33.5 Å². The predicted molar refractivity (Wildman–Crippen MR) is 133 cm³/mol. The summed E-state index contributed by atoms with van der Waals surface area (Å²) in [5.74, 6) is -0.594. The van der Waals surface area contributed by atoms with E-state index < -0.39 is 34.0 Å². The van der Waals surface area contributed by atoms with Crippen LogP contribution < -0.4 is 10.1 Å². The molecule has 2 aromatic carbocycles. The molecule has 2 N–H and O–H groups in total. The maximum absolute atomic E-state index is 13.5. The van der Waals surface area contributed by atoms with Gasteiger partial charge in [-0.2, -0.15) is 4.31 Å². The summed E-state index contributed by atoms with van der Waals surface area (Å²) in [4.78, 5) is 14.2. The Labute approximate surface area is 206 Å². The number of ether oxygens (including phenoxy) is 1. The van der Waals surface area contributed by atoms with E-state index in [4.69, 9.17) is 4.74 Å². The molecular formula is C25H32FN3O5S. The number of aliphatic hydroxyl groups excluding tert-OH is 1. The molecule has 10 heteroatoms. The fourth-order valence-electron chi connectivity index (χ4n) is 3.89. The molecule has 1 aliphatic rings. The summed E-state index contributed by atoms with van der Waals surface area (Å²) < 4.78 is 48.0. The van der Waals surface area contributed by atoms with Crippen molar-refractivity contribution in [3.8, 4) is 5.75 Å². The first kappa shape index (κ1) is 26.7. The van der Waals surface area contributed by atoms with Gasteiger partial charge in [0.25, 0.3) is 0 Å². The summed E-state index contributed by atoms with van der Waals surface area (Å²) in [6.45, 7) is 5.26. The van der Waals surface area contributed by atoms with E-state index in [2.05, 4.69) is 5.32 Å². The third kappa shape index (κ3) is 6.19. The number of hydrogen-bond donors (Lipinski definition) is 2. The number of fused-ring (bicyclic) bond motifs is 1. The predicted octanol–water partition coefficient (Wildman–Crippen LogP) is 3.79. The van der Waals surface area contributed by atoms with E-state index in [0.717, 1.165) is 5.56 Å². The summed E-state index contributed by atoms with van der Waals surface area (Å²) in [7, 11) is -2.35. The van der Waals surface area contributed by atoms with Gasteiger partial charge in [0.2, 0.25) is 10.0 Å². The minimum Gasteiger partial charge on any atom is -0.487 e. The Morgan fingerprint density at radius 1 is 1.34 bits per heavy atom. The number of nitrogens with one attached hydrogen (secondary N) is 1. The summed E-state index contributed by atoms with van der Waals surface area (Å²) >= 11 is 0. The monoisotopic (exact) mass is 505 g/mol. The van der Waals surface area contributed by atoms with E-state index in [9.17, 15) is 22.7 Å². The van der Waals surface area contributed by atoms with Crippen molar-refractivity contribution in [2.45, 2.75) is 37.8 Å². The molecule has 0 bridgehead atoms. The highest BCUT2D eigenvalue weighted by Crippen LogP contribution is 2.34. The third-order valence-corrected chi connectivity index (χ3v) is 7.95. The molecule has 1 aliphatic heterocycles. The van der Waals surface area contributed by atoms with Gasteiger partial charge in [-0.1, -0.05) is 31.2 Å². The standard InChI is InChI=1S/C25H32FN3O5S/c1-5-7-19-10-11-24-22(12-19)34-23(17(2)14-29(18(3)16-30)35(24,32)33)15-28(4)25(31)27-21-9-6-8-20(26)13-21/h5-13,17-18,23,30H,14-16H2,1-4H3,(H,27,31)/b7-5+/t17-,18-,23+/m1/s1. The summed E-state index contributed by atoms with van der Waals surface area (Å²) in [5.41, 5.74) is 1.09. The van der Waals surface area contributed by atoms with Crippen LogP contribution >= 0.6 is 0 Å². The lowest BCUT2D eigenvalue weighted by molar-refractivity contribution is 0.0830. The molecule has 0 spiro atoms. The van der Waals surface area contributed by atoms with Gasteiger partial charge in [-0.3, -0.25) is 0 Å². The van der Waals surface area contributed by atoms with Crippen molar-refractivity contribution in [3.63, 3.8) is 0 Å². The molecule has 2 aromatic rings. The highest BCUT2D eigenvalue weighted by Gasteiger charge is 2.38. The lowest BCUT2D eigenvalue weighted by Gasteiger charge is -2.37. The zero-order chi connectivity index (χ0) is 25.8. The molecule has 0 aromatic heterocycles. The Balaban J connectivity index is 1.93. The number of amides is 2. The number of sulfonamides is 1. The maximum Gasteiger partial charge on any atom is 0.321 e. The summed E-state index contributed by atoms with van der Waals surface area (Å²) in [5, 5.41) is 12.4. The van der Waals surface area contributed by atoms with Crippen LogP contribution in [0.15, 0.2) is 53.4 Å². The highest BCUT2D eigenvalue weighted by atomic mass is 32.2. The van der Waals surface area contributed by atoms with Gasteiger partial charge in [0.1, 0.15) is 22.6 Å². The number of halogens is 1. The van der Waals surface area contributed by atoms with Crippen LogP contribution in [0.5, 0.6) is 5.75 Å². The fraction of sp³-hybridized carbons (Fsp3) is 0.400. The van der Waals surface area contributed by atoms with Crippen molar-refractivity contribution in [2.75, 3.05) is 32.1 Å². The van der Waals surface area contributed by atoms with Crippen molar-refractivity contribution in [2.24, 2.45) is 5.92 Å². The number of rotatable bonds is 6. The molecule has 8 nitrogen and oxygen atoms in total. The number of hydrogen-bond acceptors (Lipinski definition) is 5. The van der Waals surface area contributed by atoms with Crippen LogP contribution in [-0.4, -0.2) is 67.7 Å². The topological polar surface area (TPSA) is 99.2 Å². The van der Waals surface area contributed by atoms with Crippen LogP contribution in [0.3, 0.4) is 0 Å². The second kappa shape index (κ2) is 11.2. The molecule has 1 heterocycles. The van der Waals surface area contributed by atoms with E-state index >= 15 is 0 Å². The number of likely N-dealkylation sites (N-methyl/N-ethyl adjacent to an activating group) is 1. The minimum atomic E-state index is -3.94. The smallest absolute Gasteiger partial charge is 0.321 e. The Kier molecular flexibility index (Phi) is 8.52. The van der Waals surface area contributed by atoms with Crippen LogP contribution in [0.2, 0.25) is 0 Å². The molecule has 190 valence electrons. The molecule has 0 fully saturated rings. The summed E-state index contributed by atoms with van der Waals surface area (Å²) in [6, 6.07) is 9.36. The van der Waals surface area contributed by atoms with Crippen LogP contribution in [0.1, 0.15) is 26.3 Å². The first-order valence-corrected chi connectivity index (χ1v) is 12.8. The number of carbonyl (C=O) groups excluding carboxylic acids is 1. The Morgan fingerprint density at radius 2 is 2.09 bits per heavy atom. The van der Waals surface area contributed by atoms with Gasteiger partial charge >= 0.3 is 6.03 Å². The molecule has 35 heavy (non-hydrogen) atoms. The SMILES string of the molecule is C/C=C/c1ccc2c(c1)O[C@@H](CN(C)C(=O)Nc1cccc(F)c1)[C@H](C)CN([C@H](C)CO)S2(=O)=O. The van der Waals surface area contributed by atoms with Gasteiger partial charge in [-0.05, 0) is 49.7 Å². The molecule has 2 amide bonds. The van der Waals surface area contributed by atoms with Crippen molar-refractivity contribution in [1.29, 1.82) is 0 Å². The van der Waals surface area contributed by atoms with E-state index in [1.54, 1.807) is 32.2 Å². The number of benzene rings is 2. The maximum atomic E-state index is 13.5. The molecule has 0 unspecified atom stereocenters. The first-order chi connectivity index (χ1) is 16.6. The third-order valence-electron chi connectivity index (χ3n) is 5.93. The lowest BCUT2D eigenvalue weighted by atomic mass is 10.0. The van der Waals surface area contributed by atoms with Crippen LogP contribution in [0.25, 0.3) is 6.08 Å². The molecule has 0 saturated carbocycles. The Hall–Kier alpha value is -2.95. The van der Waals surface area contributed by atoms with Crippen molar-refractivity contribution < 1.29 is 27.4 Å². The van der Waals surface area contributed by atoms with Crippen molar-refractivity contribution in [1.82, 2.24) is 9.21 Å². The number of anilines is 1. The largest absolute Gasteiger partial charge is 0.487 e. The normalized spacial score (nSPS) is 20.9. The van der Waals surface area contributed by atoms with Gasteiger partial charge in [-0.25, -0.2) is 17.6 Å². The number of urea groups is 1. The van der Waals surface area contributed by atoms with Crippen molar-refractivity contribution >= 4 is 27.8 Å². The molecular weight excluding hydrogens is 473 g/mol. The van der Waals surface area contributed by atoms with E-state index in [1.807, 2.05) is 26.0 Å². The van der Waals surface area contributed by atoms with E-state index in [0.29, 0.717) is 5.69 Å². The van der Waals surface area contributed by atoms with Gasteiger partial charge in [-0.15, -0.1) is 0 Å². The zero-order valence-corrected chi connectivity index (χ0v) is 21.1. The number of nitrogens with zero attached hydrogens (tertiary/aromatic N) is 2. The molecule has 3 rings (SSSR count). The lowest BCUT2D eigenvalue weighted by Crippen LogP contribution is -2.50. The molecule has 3 atom stereocenters. The average molecular weight is 506 g/mol.